The summed E-state index contributed by atoms with van der Waals surface area (Å²) >= 11 is 1.43. The molecule has 1 aromatic carbocycles. The van der Waals surface area contributed by atoms with Gasteiger partial charge in [-0.25, -0.2) is 9.37 Å². The number of thiazole rings is 1. The molecule has 5 heteroatoms. The summed E-state index contributed by atoms with van der Waals surface area (Å²) in [5.41, 5.74) is 1.07. The summed E-state index contributed by atoms with van der Waals surface area (Å²) in [6.07, 6.45) is 10.3. The second kappa shape index (κ2) is 5.49. The van der Waals surface area contributed by atoms with Crippen molar-refractivity contribution < 1.29 is 9.18 Å². The molecule has 0 saturated heterocycles. The smallest absolute Gasteiger partial charge is 0.229 e. The Hall–Kier alpha value is -2.01. The predicted molar refractivity (Wildman–Crippen MR) is 95.8 cm³/mol. The summed E-state index contributed by atoms with van der Waals surface area (Å²) in [6.45, 7) is 0. The van der Waals surface area contributed by atoms with Gasteiger partial charge < -0.3 is 5.32 Å². The third kappa shape index (κ3) is 2.44. The molecule has 3 aliphatic carbocycles. The van der Waals surface area contributed by atoms with Gasteiger partial charge in [0.25, 0.3) is 0 Å². The molecule has 128 valence electrons. The minimum atomic E-state index is -0.204. The first-order valence-electron chi connectivity index (χ1n) is 8.83. The minimum absolute atomic E-state index is 0.0800. The van der Waals surface area contributed by atoms with E-state index >= 15 is 0 Å². The minimum Gasteiger partial charge on any atom is -0.302 e. The molecule has 3 aliphatic rings. The maximum absolute atomic E-state index is 13.8. The van der Waals surface area contributed by atoms with E-state index in [4.69, 9.17) is 0 Å². The summed E-state index contributed by atoms with van der Waals surface area (Å²) < 4.78 is 13.8. The van der Waals surface area contributed by atoms with Crippen molar-refractivity contribution in [3.8, 4) is 0 Å². The van der Waals surface area contributed by atoms with E-state index in [2.05, 4.69) is 22.5 Å². The van der Waals surface area contributed by atoms with Crippen molar-refractivity contribution in [2.24, 2.45) is 23.2 Å². The van der Waals surface area contributed by atoms with E-state index < -0.39 is 0 Å². The van der Waals surface area contributed by atoms with Crippen molar-refractivity contribution in [2.75, 3.05) is 5.32 Å². The number of anilines is 1. The normalized spacial score (nSPS) is 27.8. The van der Waals surface area contributed by atoms with Crippen molar-refractivity contribution in [2.45, 2.75) is 25.7 Å². The highest BCUT2D eigenvalue weighted by Crippen LogP contribution is 2.70. The number of nitrogens with one attached hydrogen (secondary N) is 1. The molecule has 1 amide bonds. The van der Waals surface area contributed by atoms with E-state index in [1.165, 1.54) is 30.2 Å². The number of benzene rings is 1. The van der Waals surface area contributed by atoms with Crippen LogP contribution in [0.4, 0.5) is 9.52 Å². The zero-order valence-electron chi connectivity index (χ0n) is 13.7. The molecule has 0 unspecified atom stereocenters. The maximum atomic E-state index is 13.8. The first kappa shape index (κ1) is 15.3. The van der Waals surface area contributed by atoms with Gasteiger partial charge in [-0.15, -0.1) is 11.3 Å². The number of amides is 1. The molecule has 1 heterocycles. The number of aromatic nitrogens is 1. The predicted octanol–water partition coefficient (Wildman–Crippen LogP) is 4.41. The Labute approximate surface area is 150 Å². The molecule has 2 saturated carbocycles. The Balaban J connectivity index is 1.26. The molecule has 2 bridgehead atoms. The van der Waals surface area contributed by atoms with Crippen LogP contribution in [0.2, 0.25) is 0 Å². The Kier molecular flexibility index (Phi) is 3.35. The van der Waals surface area contributed by atoms with Crippen LogP contribution in [0.3, 0.4) is 0 Å². The van der Waals surface area contributed by atoms with Gasteiger partial charge in [0.15, 0.2) is 5.13 Å². The molecular weight excluding hydrogens is 335 g/mol. The molecule has 5 rings (SSSR count). The number of allylic oxidation sites excluding steroid dienone is 2. The first-order chi connectivity index (χ1) is 12.2. The number of carbonyl (C=O) groups excluding carboxylic acids is 1. The Morgan fingerprint density at radius 1 is 1.32 bits per heavy atom. The van der Waals surface area contributed by atoms with Crippen LogP contribution < -0.4 is 5.32 Å². The van der Waals surface area contributed by atoms with E-state index in [9.17, 15) is 9.18 Å². The van der Waals surface area contributed by atoms with Crippen molar-refractivity contribution in [3.63, 3.8) is 0 Å². The van der Waals surface area contributed by atoms with Gasteiger partial charge in [0.2, 0.25) is 5.91 Å². The van der Waals surface area contributed by atoms with E-state index in [1.807, 2.05) is 6.07 Å². The molecule has 1 aromatic heterocycles. The van der Waals surface area contributed by atoms with Crippen LogP contribution in [0.5, 0.6) is 0 Å². The average molecular weight is 354 g/mol. The molecule has 2 aromatic rings. The lowest BCUT2D eigenvalue weighted by Crippen LogP contribution is -2.27. The highest BCUT2D eigenvalue weighted by molar-refractivity contribution is 7.15. The van der Waals surface area contributed by atoms with Gasteiger partial charge in [0.1, 0.15) is 5.82 Å². The third-order valence-corrected chi connectivity index (χ3v) is 7.08. The van der Waals surface area contributed by atoms with Crippen LogP contribution in [-0.2, 0) is 11.2 Å². The number of rotatable bonds is 4. The van der Waals surface area contributed by atoms with Crippen LogP contribution in [0, 0.1) is 29.0 Å². The summed E-state index contributed by atoms with van der Waals surface area (Å²) in [5.74, 6) is 0.979. The van der Waals surface area contributed by atoms with E-state index in [0.717, 1.165) is 11.3 Å². The van der Waals surface area contributed by atoms with E-state index in [-0.39, 0.29) is 17.6 Å². The fraction of sp³-hybridized carbons (Fsp3) is 0.400. The zero-order valence-corrected chi connectivity index (χ0v) is 14.6. The largest absolute Gasteiger partial charge is 0.302 e. The summed E-state index contributed by atoms with van der Waals surface area (Å²) in [7, 11) is 0. The van der Waals surface area contributed by atoms with Gasteiger partial charge in [-0.05, 0) is 48.1 Å². The van der Waals surface area contributed by atoms with Gasteiger partial charge in [-0.2, -0.15) is 0 Å². The monoisotopic (exact) mass is 354 g/mol. The van der Waals surface area contributed by atoms with E-state index in [1.54, 1.807) is 18.3 Å². The van der Waals surface area contributed by atoms with Crippen molar-refractivity contribution in [1.82, 2.24) is 4.98 Å². The summed E-state index contributed by atoms with van der Waals surface area (Å²) in [5, 5.41) is 3.61. The van der Waals surface area contributed by atoms with Crippen molar-refractivity contribution in [1.29, 1.82) is 0 Å². The number of hydrogen-bond donors (Lipinski definition) is 1. The first-order valence-corrected chi connectivity index (χ1v) is 9.65. The van der Waals surface area contributed by atoms with E-state index in [0.29, 0.717) is 34.4 Å². The van der Waals surface area contributed by atoms with Crippen LogP contribution in [0.1, 0.15) is 29.7 Å². The second-order valence-corrected chi connectivity index (χ2v) is 8.60. The quantitative estimate of drug-likeness (QED) is 0.826. The fourth-order valence-electron chi connectivity index (χ4n) is 4.75. The van der Waals surface area contributed by atoms with Gasteiger partial charge in [-0.3, -0.25) is 4.79 Å². The van der Waals surface area contributed by atoms with Crippen molar-refractivity contribution in [3.05, 3.63) is 58.9 Å². The van der Waals surface area contributed by atoms with Crippen LogP contribution in [-0.4, -0.2) is 10.9 Å². The molecule has 0 radical (unpaired) electrons. The van der Waals surface area contributed by atoms with Crippen LogP contribution in [0.25, 0.3) is 0 Å². The highest BCUT2D eigenvalue weighted by Gasteiger charge is 2.64. The third-order valence-electron chi connectivity index (χ3n) is 6.16. The highest BCUT2D eigenvalue weighted by atomic mass is 32.1. The van der Waals surface area contributed by atoms with Gasteiger partial charge >= 0.3 is 0 Å². The molecule has 2 fully saturated rings. The second-order valence-electron chi connectivity index (χ2n) is 7.48. The van der Waals surface area contributed by atoms with Crippen molar-refractivity contribution >= 4 is 22.4 Å². The topological polar surface area (TPSA) is 42.0 Å². The van der Waals surface area contributed by atoms with Crippen LogP contribution in [0.15, 0.2) is 42.6 Å². The molecule has 0 aliphatic heterocycles. The molecule has 3 atom stereocenters. The molecule has 1 N–H and O–H groups in total. The van der Waals surface area contributed by atoms with Gasteiger partial charge in [0, 0.05) is 23.4 Å². The number of nitrogens with zero attached hydrogens (tertiary/aromatic N) is 1. The Morgan fingerprint density at radius 2 is 2.16 bits per heavy atom. The average Bonchev–Trinajstić information content (AvgIpc) is 3.07. The Bertz CT molecular complexity index is 870. The molecule has 3 nitrogen and oxygen atoms in total. The molecular formula is C20H19FN2OS. The lowest BCUT2D eigenvalue weighted by Gasteiger charge is -2.18. The number of halogens is 1. The zero-order chi connectivity index (χ0) is 17.0. The number of carbonyl (C=O) groups is 1. The fourth-order valence-corrected chi connectivity index (χ4v) is 5.58. The lowest BCUT2D eigenvalue weighted by molar-refractivity contribution is -0.120. The maximum Gasteiger partial charge on any atom is 0.229 e. The van der Waals surface area contributed by atoms with Crippen LogP contribution >= 0.6 is 11.3 Å². The molecule has 25 heavy (non-hydrogen) atoms. The molecule has 1 spiro atoms. The van der Waals surface area contributed by atoms with Gasteiger partial charge in [0.05, 0.1) is 0 Å². The SMILES string of the molecule is O=C(Nc1ncc(Cc2ccccc2F)s1)[C@@H]1C[C@H]2C=C[C@H]1C21CC1. The lowest BCUT2D eigenvalue weighted by atomic mass is 9.88. The standard InChI is InChI=1S/C20H19FN2OS/c21-17-4-2-1-3-12(17)9-14-11-22-19(25-14)23-18(24)15-10-13-5-6-16(15)20(13)7-8-20/h1-6,11,13,15-16H,7-10H2,(H,22,23,24)/t13-,15-,16-/m1/s1. The number of hydrogen-bond acceptors (Lipinski definition) is 3. The van der Waals surface area contributed by atoms with Gasteiger partial charge in [-0.1, -0.05) is 30.4 Å². The Morgan fingerprint density at radius 3 is 2.92 bits per heavy atom. The summed E-state index contributed by atoms with van der Waals surface area (Å²) in [6, 6.07) is 6.77. The summed E-state index contributed by atoms with van der Waals surface area (Å²) in [4.78, 5) is 18.0.